The van der Waals surface area contributed by atoms with Crippen molar-refractivity contribution in [2.75, 3.05) is 13.1 Å². The molecule has 2 atom stereocenters. The van der Waals surface area contributed by atoms with Crippen LogP contribution in [0.15, 0.2) is 24.5 Å². The summed E-state index contributed by atoms with van der Waals surface area (Å²) < 4.78 is 7.69. The zero-order chi connectivity index (χ0) is 15.1. The van der Waals surface area contributed by atoms with Crippen molar-refractivity contribution in [3.63, 3.8) is 0 Å². The summed E-state index contributed by atoms with van der Waals surface area (Å²) in [4.78, 5) is 18.3. The molecule has 0 bridgehead atoms. The summed E-state index contributed by atoms with van der Waals surface area (Å²) in [6.45, 7) is 1.65. The number of aromatic nitrogens is 4. The molecule has 0 aromatic carbocycles. The lowest BCUT2D eigenvalue weighted by Gasteiger charge is -2.40. The van der Waals surface area contributed by atoms with Gasteiger partial charge in [0.05, 0.1) is 36.8 Å². The molecule has 1 fully saturated rings. The number of ether oxygens (including phenoxy) is 1. The van der Waals surface area contributed by atoms with E-state index < -0.39 is 0 Å². The average Bonchev–Trinajstić information content (AvgIpc) is 3.03. The van der Waals surface area contributed by atoms with Crippen molar-refractivity contribution in [3.8, 4) is 5.75 Å². The predicted molar refractivity (Wildman–Crippen MR) is 74.1 cm³/mol. The Hall–Kier alpha value is -2.48. The highest BCUT2D eigenvalue weighted by Crippen LogP contribution is 2.30. The van der Waals surface area contributed by atoms with Gasteiger partial charge in [-0.3, -0.25) is 4.79 Å². The SMILES string of the molecule is O=C(c1ccc(O)cn1)N1CC[C@H]2OCc3cnnn3[C@@H]2C1. The standard InChI is InChI=1S/C14H15N5O3/c20-10-1-2-11(15-6-10)14(21)18-4-3-13-12(7-18)19-9(8-22-13)5-16-17-19/h1-2,5-6,12-13,20H,3-4,7-8H2/t12-,13-/m1/s1. The van der Waals surface area contributed by atoms with Crippen LogP contribution >= 0.6 is 0 Å². The van der Waals surface area contributed by atoms with Crippen molar-refractivity contribution in [3.05, 3.63) is 35.9 Å². The third kappa shape index (κ3) is 2.12. The van der Waals surface area contributed by atoms with Crippen LogP contribution in [0.3, 0.4) is 0 Å². The quantitative estimate of drug-likeness (QED) is 0.817. The van der Waals surface area contributed by atoms with Crippen LogP contribution in [0, 0.1) is 0 Å². The van der Waals surface area contributed by atoms with Crippen molar-refractivity contribution in [1.29, 1.82) is 0 Å². The van der Waals surface area contributed by atoms with E-state index in [1.54, 1.807) is 11.1 Å². The maximum atomic E-state index is 12.5. The Morgan fingerprint density at radius 3 is 3.09 bits per heavy atom. The van der Waals surface area contributed by atoms with Crippen molar-refractivity contribution in [2.45, 2.75) is 25.2 Å². The molecular weight excluding hydrogens is 286 g/mol. The summed E-state index contributed by atoms with van der Waals surface area (Å²) in [6, 6.07) is 2.98. The number of hydrogen-bond donors (Lipinski definition) is 1. The molecule has 2 aliphatic heterocycles. The zero-order valence-electron chi connectivity index (χ0n) is 11.8. The number of hydrogen-bond acceptors (Lipinski definition) is 6. The molecule has 0 radical (unpaired) electrons. The first-order valence-corrected chi connectivity index (χ1v) is 7.17. The molecule has 4 heterocycles. The first kappa shape index (κ1) is 13.2. The topological polar surface area (TPSA) is 93.4 Å². The van der Waals surface area contributed by atoms with Crippen LogP contribution in [0.4, 0.5) is 0 Å². The van der Waals surface area contributed by atoms with Gasteiger partial charge in [-0.25, -0.2) is 9.67 Å². The Labute approximate surface area is 126 Å². The molecule has 1 saturated heterocycles. The molecule has 4 rings (SSSR count). The number of rotatable bonds is 1. The molecule has 0 aliphatic carbocycles. The lowest BCUT2D eigenvalue weighted by atomic mass is 10.00. The fraction of sp³-hybridized carbons (Fsp3) is 0.429. The van der Waals surface area contributed by atoms with Gasteiger partial charge >= 0.3 is 0 Å². The largest absolute Gasteiger partial charge is 0.506 e. The van der Waals surface area contributed by atoms with E-state index in [0.717, 1.165) is 12.1 Å². The van der Waals surface area contributed by atoms with Crippen molar-refractivity contribution < 1.29 is 14.6 Å². The van der Waals surface area contributed by atoms with Gasteiger partial charge < -0.3 is 14.7 Å². The number of amides is 1. The van der Waals surface area contributed by atoms with Gasteiger partial charge in [-0.15, -0.1) is 5.10 Å². The number of fused-ring (bicyclic) bond motifs is 3. The highest BCUT2D eigenvalue weighted by molar-refractivity contribution is 5.92. The van der Waals surface area contributed by atoms with Gasteiger partial charge in [0.1, 0.15) is 11.4 Å². The maximum absolute atomic E-state index is 12.5. The molecule has 8 nitrogen and oxygen atoms in total. The van der Waals surface area contributed by atoms with Crippen LogP contribution in [-0.2, 0) is 11.3 Å². The normalized spacial score (nSPS) is 23.7. The van der Waals surface area contributed by atoms with E-state index in [0.29, 0.717) is 25.4 Å². The lowest BCUT2D eigenvalue weighted by molar-refractivity contribution is -0.0605. The first-order chi connectivity index (χ1) is 10.7. The molecule has 114 valence electrons. The monoisotopic (exact) mass is 301 g/mol. The van der Waals surface area contributed by atoms with Crippen molar-refractivity contribution >= 4 is 5.91 Å². The van der Waals surface area contributed by atoms with E-state index in [1.165, 1.54) is 18.3 Å². The highest BCUT2D eigenvalue weighted by Gasteiger charge is 2.38. The van der Waals surface area contributed by atoms with E-state index in [9.17, 15) is 9.90 Å². The molecule has 8 heteroatoms. The first-order valence-electron chi connectivity index (χ1n) is 7.17. The van der Waals surface area contributed by atoms with E-state index in [1.807, 2.05) is 4.68 Å². The van der Waals surface area contributed by atoms with Crippen LogP contribution in [0.1, 0.15) is 28.6 Å². The van der Waals surface area contributed by atoms with Crippen LogP contribution in [0.25, 0.3) is 0 Å². The van der Waals surface area contributed by atoms with E-state index >= 15 is 0 Å². The summed E-state index contributed by atoms with van der Waals surface area (Å²) in [6.07, 6.45) is 3.79. The Bertz CT molecular complexity index is 699. The second-order valence-electron chi connectivity index (χ2n) is 5.53. The number of likely N-dealkylation sites (tertiary alicyclic amines) is 1. The summed E-state index contributed by atoms with van der Waals surface area (Å²) in [7, 11) is 0. The molecule has 1 N–H and O–H groups in total. The van der Waals surface area contributed by atoms with Gasteiger partial charge in [-0.2, -0.15) is 0 Å². The maximum Gasteiger partial charge on any atom is 0.272 e. The second-order valence-corrected chi connectivity index (χ2v) is 5.53. The zero-order valence-corrected chi connectivity index (χ0v) is 11.8. The number of pyridine rings is 1. The van der Waals surface area contributed by atoms with Crippen LogP contribution in [-0.4, -0.2) is 55.1 Å². The highest BCUT2D eigenvalue weighted by atomic mass is 16.5. The summed E-state index contributed by atoms with van der Waals surface area (Å²) in [5.41, 5.74) is 1.25. The lowest BCUT2D eigenvalue weighted by Crippen LogP contribution is -2.50. The molecule has 2 aromatic heterocycles. The average molecular weight is 301 g/mol. The van der Waals surface area contributed by atoms with Gasteiger partial charge in [0.2, 0.25) is 0 Å². The number of aromatic hydroxyl groups is 1. The minimum Gasteiger partial charge on any atom is -0.506 e. The molecule has 0 saturated carbocycles. The third-order valence-corrected chi connectivity index (χ3v) is 4.18. The van der Waals surface area contributed by atoms with Crippen molar-refractivity contribution in [1.82, 2.24) is 24.9 Å². The molecule has 0 spiro atoms. The Morgan fingerprint density at radius 1 is 1.36 bits per heavy atom. The molecule has 0 unspecified atom stereocenters. The van der Waals surface area contributed by atoms with Crippen LogP contribution in [0.5, 0.6) is 5.75 Å². The summed E-state index contributed by atoms with van der Waals surface area (Å²) in [5, 5.41) is 17.3. The van der Waals surface area contributed by atoms with Crippen LogP contribution < -0.4 is 0 Å². The smallest absolute Gasteiger partial charge is 0.272 e. The second kappa shape index (κ2) is 5.06. The number of carbonyl (C=O) groups is 1. The Kier molecular flexibility index (Phi) is 3.04. The fourth-order valence-corrected chi connectivity index (χ4v) is 3.04. The van der Waals surface area contributed by atoms with Gasteiger partial charge in [-0.05, 0) is 18.6 Å². The Balaban J connectivity index is 1.56. The van der Waals surface area contributed by atoms with Gasteiger partial charge in [0.15, 0.2) is 0 Å². The molecule has 2 aromatic rings. The number of nitrogens with zero attached hydrogens (tertiary/aromatic N) is 5. The van der Waals surface area contributed by atoms with Gasteiger partial charge in [0, 0.05) is 13.1 Å². The molecule has 22 heavy (non-hydrogen) atoms. The van der Waals surface area contributed by atoms with E-state index in [-0.39, 0.29) is 23.8 Å². The molecular formula is C14H15N5O3. The third-order valence-electron chi connectivity index (χ3n) is 4.18. The minimum atomic E-state index is -0.148. The Morgan fingerprint density at radius 2 is 2.27 bits per heavy atom. The minimum absolute atomic E-state index is 0.0129. The summed E-state index contributed by atoms with van der Waals surface area (Å²) >= 11 is 0. The number of carbonyl (C=O) groups excluding carboxylic acids is 1. The predicted octanol–water partition coefficient (Wildman–Crippen LogP) is 0.365. The van der Waals surface area contributed by atoms with Crippen LogP contribution in [0.2, 0.25) is 0 Å². The van der Waals surface area contributed by atoms with E-state index in [4.69, 9.17) is 4.74 Å². The number of piperidine rings is 1. The fourth-order valence-electron chi connectivity index (χ4n) is 3.04. The molecule has 2 aliphatic rings. The van der Waals surface area contributed by atoms with E-state index in [2.05, 4.69) is 15.3 Å². The molecule has 1 amide bonds. The van der Waals surface area contributed by atoms with Crippen molar-refractivity contribution in [2.24, 2.45) is 0 Å². The van der Waals surface area contributed by atoms with Gasteiger partial charge in [0.25, 0.3) is 5.91 Å². The summed E-state index contributed by atoms with van der Waals surface area (Å²) in [5.74, 6) is -0.103. The van der Waals surface area contributed by atoms with Gasteiger partial charge in [-0.1, -0.05) is 5.21 Å².